The molecule has 4 nitrogen and oxygen atoms in total. The lowest BCUT2D eigenvalue weighted by atomic mass is 10.1. The molecule has 0 heterocycles. The normalized spacial score (nSPS) is 11.7. The van der Waals surface area contributed by atoms with Crippen LogP contribution in [0.1, 0.15) is 48.2 Å². The van der Waals surface area contributed by atoms with Crippen LogP contribution < -0.4 is 14.8 Å². The lowest BCUT2D eigenvalue weighted by molar-refractivity contribution is 0.0938. The molecule has 2 aromatic carbocycles. The maximum absolute atomic E-state index is 12.4. The standard InChI is InChI=1S/C21H27NO3/c1-5-8-16(3)22-21(23)17-11-12-20(24-4)18(13-17)14-25-19-10-7-6-9-15(19)2/h6-7,9-13,16H,5,8,14H2,1-4H3,(H,22,23)/t16-/m0/s1. The zero-order valence-corrected chi connectivity index (χ0v) is 15.5. The summed E-state index contributed by atoms with van der Waals surface area (Å²) in [6.07, 6.45) is 2.00. The van der Waals surface area contributed by atoms with Gasteiger partial charge in [0.2, 0.25) is 0 Å². The van der Waals surface area contributed by atoms with Gasteiger partial charge in [0.15, 0.2) is 0 Å². The van der Waals surface area contributed by atoms with Gasteiger partial charge in [-0.05, 0) is 50.1 Å². The largest absolute Gasteiger partial charge is 0.496 e. The van der Waals surface area contributed by atoms with Crippen molar-refractivity contribution in [3.8, 4) is 11.5 Å². The first-order chi connectivity index (χ1) is 12.0. The fraction of sp³-hybridized carbons (Fsp3) is 0.381. The van der Waals surface area contributed by atoms with Gasteiger partial charge in [-0.25, -0.2) is 0 Å². The van der Waals surface area contributed by atoms with Crippen LogP contribution in [-0.2, 0) is 6.61 Å². The summed E-state index contributed by atoms with van der Waals surface area (Å²) in [4.78, 5) is 12.4. The SMILES string of the molecule is CCC[C@H](C)NC(=O)c1ccc(OC)c(COc2ccccc2C)c1. The van der Waals surface area contributed by atoms with Crippen molar-refractivity contribution >= 4 is 5.91 Å². The van der Waals surface area contributed by atoms with Crippen LogP contribution in [0.3, 0.4) is 0 Å². The molecule has 0 radical (unpaired) electrons. The molecule has 0 aromatic heterocycles. The van der Waals surface area contributed by atoms with Crippen molar-refractivity contribution in [1.82, 2.24) is 5.32 Å². The van der Waals surface area contributed by atoms with Gasteiger partial charge >= 0.3 is 0 Å². The minimum atomic E-state index is -0.0688. The number of methoxy groups -OCH3 is 1. The van der Waals surface area contributed by atoms with Crippen molar-refractivity contribution in [2.24, 2.45) is 0 Å². The summed E-state index contributed by atoms with van der Waals surface area (Å²) in [5.74, 6) is 1.48. The van der Waals surface area contributed by atoms with Gasteiger partial charge in [-0.15, -0.1) is 0 Å². The van der Waals surface area contributed by atoms with Gasteiger partial charge in [0.25, 0.3) is 5.91 Å². The number of hydrogen-bond acceptors (Lipinski definition) is 3. The van der Waals surface area contributed by atoms with E-state index in [0.29, 0.717) is 17.9 Å². The van der Waals surface area contributed by atoms with Gasteiger partial charge in [0, 0.05) is 17.2 Å². The van der Waals surface area contributed by atoms with Crippen molar-refractivity contribution < 1.29 is 14.3 Å². The van der Waals surface area contributed by atoms with Crippen LogP contribution in [0.2, 0.25) is 0 Å². The molecular formula is C21H27NO3. The topological polar surface area (TPSA) is 47.6 Å². The summed E-state index contributed by atoms with van der Waals surface area (Å²) < 4.78 is 11.3. The van der Waals surface area contributed by atoms with E-state index in [1.54, 1.807) is 13.2 Å². The molecule has 1 amide bonds. The van der Waals surface area contributed by atoms with Crippen molar-refractivity contribution in [2.75, 3.05) is 7.11 Å². The summed E-state index contributed by atoms with van der Waals surface area (Å²) in [7, 11) is 1.62. The van der Waals surface area contributed by atoms with Crippen molar-refractivity contribution in [2.45, 2.75) is 46.3 Å². The number of carbonyl (C=O) groups is 1. The second kappa shape index (κ2) is 9.11. The first kappa shape index (κ1) is 18.8. The first-order valence-electron chi connectivity index (χ1n) is 8.71. The Bertz CT molecular complexity index is 712. The smallest absolute Gasteiger partial charge is 0.251 e. The summed E-state index contributed by atoms with van der Waals surface area (Å²) in [6, 6.07) is 13.5. The zero-order chi connectivity index (χ0) is 18.2. The number of nitrogens with one attached hydrogen (secondary N) is 1. The molecule has 0 saturated carbocycles. The zero-order valence-electron chi connectivity index (χ0n) is 15.5. The second-order valence-electron chi connectivity index (χ2n) is 6.24. The first-order valence-corrected chi connectivity index (χ1v) is 8.71. The van der Waals surface area contributed by atoms with Crippen LogP contribution in [-0.4, -0.2) is 19.1 Å². The molecule has 0 unspecified atom stereocenters. The van der Waals surface area contributed by atoms with Crippen LogP contribution in [0.15, 0.2) is 42.5 Å². The average Bonchev–Trinajstić information content (AvgIpc) is 2.61. The minimum absolute atomic E-state index is 0.0688. The number of benzene rings is 2. The Kier molecular flexibility index (Phi) is 6.87. The van der Waals surface area contributed by atoms with Crippen LogP contribution in [0.4, 0.5) is 0 Å². The van der Waals surface area contributed by atoms with Gasteiger partial charge < -0.3 is 14.8 Å². The summed E-state index contributed by atoms with van der Waals surface area (Å²) in [6.45, 7) is 6.48. The predicted octanol–water partition coefficient (Wildman–Crippen LogP) is 4.50. The Morgan fingerprint density at radius 3 is 2.60 bits per heavy atom. The Hall–Kier alpha value is -2.49. The number of carbonyl (C=O) groups excluding carboxylic acids is 1. The third-order valence-electron chi connectivity index (χ3n) is 4.12. The fourth-order valence-electron chi connectivity index (χ4n) is 2.72. The van der Waals surface area contributed by atoms with Gasteiger partial charge in [0.05, 0.1) is 7.11 Å². The van der Waals surface area contributed by atoms with E-state index < -0.39 is 0 Å². The minimum Gasteiger partial charge on any atom is -0.496 e. The van der Waals surface area contributed by atoms with Crippen LogP contribution in [0.25, 0.3) is 0 Å². The molecule has 0 aliphatic carbocycles. The second-order valence-corrected chi connectivity index (χ2v) is 6.24. The molecule has 0 spiro atoms. The van der Waals surface area contributed by atoms with Crippen molar-refractivity contribution in [3.05, 3.63) is 59.2 Å². The Morgan fingerprint density at radius 1 is 1.16 bits per heavy atom. The quantitative estimate of drug-likeness (QED) is 0.769. The lowest BCUT2D eigenvalue weighted by Crippen LogP contribution is -2.32. The maximum atomic E-state index is 12.4. The van der Waals surface area contributed by atoms with E-state index in [2.05, 4.69) is 12.2 Å². The highest BCUT2D eigenvalue weighted by Crippen LogP contribution is 2.24. The molecule has 134 valence electrons. The van der Waals surface area contributed by atoms with Crippen molar-refractivity contribution in [1.29, 1.82) is 0 Å². The Labute approximate surface area is 150 Å². The summed E-state index contributed by atoms with van der Waals surface area (Å²) in [5, 5.41) is 3.02. The Balaban J connectivity index is 2.13. The predicted molar refractivity (Wildman–Crippen MR) is 100 cm³/mol. The lowest BCUT2D eigenvalue weighted by Gasteiger charge is -2.15. The highest BCUT2D eigenvalue weighted by molar-refractivity contribution is 5.94. The van der Waals surface area contributed by atoms with E-state index in [1.807, 2.05) is 50.2 Å². The molecule has 25 heavy (non-hydrogen) atoms. The van der Waals surface area contributed by atoms with E-state index >= 15 is 0 Å². The molecule has 0 bridgehead atoms. The maximum Gasteiger partial charge on any atom is 0.251 e. The molecule has 0 saturated heterocycles. The number of rotatable bonds is 8. The highest BCUT2D eigenvalue weighted by atomic mass is 16.5. The monoisotopic (exact) mass is 341 g/mol. The molecule has 1 atom stereocenters. The van der Waals surface area contributed by atoms with E-state index in [0.717, 1.165) is 29.7 Å². The number of aryl methyl sites for hydroxylation is 1. The number of amides is 1. The molecule has 1 N–H and O–H groups in total. The number of hydrogen-bond donors (Lipinski definition) is 1. The van der Waals surface area contributed by atoms with Gasteiger partial charge in [0.1, 0.15) is 18.1 Å². The Morgan fingerprint density at radius 2 is 1.92 bits per heavy atom. The molecule has 4 heteroatoms. The third kappa shape index (κ3) is 5.24. The molecule has 2 rings (SSSR count). The fourth-order valence-corrected chi connectivity index (χ4v) is 2.72. The highest BCUT2D eigenvalue weighted by Gasteiger charge is 2.13. The van der Waals surface area contributed by atoms with E-state index in [4.69, 9.17) is 9.47 Å². The summed E-state index contributed by atoms with van der Waals surface area (Å²) in [5.41, 5.74) is 2.54. The molecule has 0 fully saturated rings. The van der Waals surface area contributed by atoms with E-state index in [1.165, 1.54) is 0 Å². The molecule has 2 aromatic rings. The van der Waals surface area contributed by atoms with Gasteiger partial charge in [-0.3, -0.25) is 4.79 Å². The van der Waals surface area contributed by atoms with E-state index in [-0.39, 0.29) is 11.9 Å². The van der Waals surface area contributed by atoms with Gasteiger partial charge in [-0.1, -0.05) is 31.5 Å². The molecular weight excluding hydrogens is 314 g/mol. The third-order valence-corrected chi connectivity index (χ3v) is 4.12. The van der Waals surface area contributed by atoms with Crippen LogP contribution in [0.5, 0.6) is 11.5 Å². The van der Waals surface area contributed by atoms with Gasteiger partial charge in [-0.2, -0.15) is 0 Å². The number of para-hydroxylation sites is 1. The van der Waals surface area contributed by atoms with Crippen molar-refractivity contribution in [3.63, 3.8) is 0 Å². The van der Waals surface area contributed by atoms with Crippen LogP contribution >= 0.6 is 0 Å². The van der Waals surface area contributed by atoms with E-state index in [9.17, 15) is 4.79 Å². The number of ether oxygens (including phenoxy) is 2. The molecule has 0 aliphatic heterocycles. The summed E-state index contributed by atoms with van der Waals surface area (Å²) >= 11 is 0. The molecule has 0 aliphatic rings. The van der Waals surface area contributed by atoms with Crippen LogP contribution in [0, 0.1) is 6.92 Å². The average molecular weight is 341 g/mol.